The number of amides is 1. The first-order chi connectivity index (χ1) is 7.91. The molecule has 0 aromatic carbocycles. The molecule has 17 heavy (non-hydrogen) atoms. The van der Waals surface area contributed by atoms with Gasteiger partial charge >= 0.3 is 0 Å². The number of nitrogens with zero attached hydrogens (tertiary/aromatic N) is 1. The molecule has 2 atom stereocenters. The Bertz CT molecular complexity index is 367. The van der Waals surface area contributed by atoms with Crippen molar-refractivity contribution in [1.82, 2.24) is 4.90 Å². The second-order valence-electron chi connectivity index (χ2n) is 4.72. The van der Waals surface area contributed by atoms with Gasteiger partial charge in [-0.25, -0.2) is 8.42 Å². The summed E-state index contributed by atoms with van der Waals surface area (Å²) < 4.78 is 22.9. The largest absolute Gasteiger partial charge is 0.338 e. The van der Waals surface area contributed by atoms with Gasteiger partial charge in [0.15, 0.2) is 9.84 Å². The van der Waals surface area contributed by atoms with E-state index in [2.05, 4.69) is 0 Å². The molecule has 0 bridgehead atoms. The van der Waals surface area contributed by atoms with Crippen LogP contribution >= 0.6 is 0 Å². The number of hydrogen-bond acceptors (Lipinski definition) is 4. The summed E-state index contributed by atoms with van der Waals surface area (Å²) in [5, 5.41) is 0. The predicted octanol–water partition coefficient (Wildman–Crippen LogP) is 0.00690. The van der Waals surface area contributed by atoms with E-state index in [0.717, 1.165) is 12.8 Å². The zero-order valence-corrected chi connectivity index (χ0v) is 11.4. The lowest BCUT2D eigenvalue weighted by Crippen LogP contribution is -2.52. The number of hydrogen-bond donors (Lipinski definition) is 1. The first kappa shape index (κ1) is 14.4. The summed E-state index contributed by atoms with van der Waals surface area (Å²) in [5.74, 6) is -0.00530. The molecular formula is C11H22N2O3S. The van der Waals surface area contributed by atoms with Crippen LogP contribution in [0.1, 0.15) is 26.7 Å². The number of carbonyl (C=O) groups excluding carboxylic acids is 1. The van der Waals surface area contributed by atoms with Gasteiger partial charge in [-0.15, -0.1) is 0 Å². The second-order valence-corrected chi connectivity index (χ2v) is 6.95. The highest BCUT2D eigenvalue weighted by molar-refractivity contribution is 7.91. The Morgan fingerprint density at radius 1 is 1.53 bits per heavy atom. The fraction of sp³-hybridized carbons (Fsp3) is 0.909. The summed E-state index contributed by atoms with van der Waals surface area (Å²) in [4.78, 5) is 13.9. The average Bonchev–Trinajstić information content (AvgIpc) is 2.23. The first-order valence-corrected chi connectivity index (χ1v) is 7.94. The van der Waals surface area contributed by atoms with E-state index < -0.39 is 9.84 Å². The molecule has 1 amide bonds. The van der Waals surface area contributed by atoms with Crippen molar-refractivity contribution in [2.75, 3.05) is 24.6 Å². The van der Waals surface area contributed by atoms with Crippen molar-refractivity contribution in [2.24, 2.45) is 11.7 Å². The molecule has 6 heteroatoms. The number of carbonyl (C=O) groups is 1. The van der Waals surface area contributed by atoms with Crippen LogP contribution in [0, 0.1) is 5.92 Å². The average molecular weight is 262 g/mol. The summed E-state index contributed by atoms with van der Waals surface area (Å²) in [6.45, 7) is 4.44. The van der Waals surface area contributed by atoms with Crippen molar-refractivity contribution >= 4 is 15.7 Å². The van der Waals surface area contributed by atoms with Crippen LogP contribution in [0.25, 0.3) is 0 Å². The fourth-order valence-electron chi connectivity index (χ4n) is 2.25. The highest BCUT2D eigenvalue weighted by atomic mass is 32.2. The molecule has 100 valence electrons. The van der Waals surface area contributed by atoms with Crippen molar-refractivity contribution in [3.63, 3.8) is 0 Å². The van der Waals surface area contributed by atoms with Crippen LogP contribution in [0.2, 0.25) is 0 Å². The summed E-state index contributed by atoms with van der Waals surface area (Å²) in [6, 6.07) is -0.229. The molecule has 0 aromatic rings. The zero-order valence-electron chi connectivity index (χ0n) is 10.6. The topological polar surface area (TPSA) is 80.5 Å². The van der Waals surface area contributed by atoms with Gasteiger partial charge in [-0.2, -0.15) is 0 Å². The molecule has 0 saturated carbocycles. The molecule has 0 aliphatic carbocycles. The van der Waals surface area contributed by atoms with Crippen LogP contribution in [0.15, 0.2) is 0 Å². The molecule has 1 aliphatic rings. The van der Waals surface area contributed by atoms with E-state index in [0.29, 0.717) is 13.1 Å². The Hall–Kier alpha value is -0.620. The van der Waals surface area contributed by atoms with Gasteiger partial charge in [0.05, 0.1) is 17.4 Å². The molecule has 1 aliphatic heterocycles. The van der Waals surface area contributed by atoms with Gasteiger partial charge in [0.1, 0.15) is 0 Å². The Kier molecular flexibility index (Phi) is 4.94. The third-order valence-corrected chi connectivity index (χ3v) is 5.02. The minimum absolute atomic E-state index is 0.0109. The third-order valence-electron chi connectivity index (χ3n) is 3.22. The van der Waals surface area contributed by atoms with Gasteiger partial charge in [0, 0.05) is 19.1 Å². The summed E-state index contributed by atoms with van der Waals surface area (Å²) >= 11 is 0. The van der Waals surface area contributed by atoms with E-state index in [9.17, 15) is 13.2 Å². The Morgan fingerprint density at radius 2 is 2.18 bits per heavy atom. The van der Waals surface area contributed by atoms with E-state index in [1.165, 1.54) is 0 Å². The van der Waals surface area contributed by atoms with Crippen molar-refractivity contribution in [2.45, 2.75) is 32.7 Å². The minimum atomic E-state index is -2.97. The Balaban J connectivity index is 2.70. The lowest BCUT2D eigenvalue weighted by molar-refractivity contribution is -0.137. The number of sulfone groups is 1. The van der Waals surface area contributed by atoms with E-state index in [-0.39, 0.29) is 29.4 Å². The van der Waals surface area contributed by atoms with Crippen molar-refractivity contribution in [1.29, 1.82) is 0 Å². The van der Waals surface area contributed by atoms with Gasteiger partial charge in [0.2, 0.25) is 5.91 Å². The molecule has 1 rings (SSSR count). The molecule has 1 saturated heterocycles. The molecule has 2 unspecified atom stereocenters. The van der Waals surface area contributed by atoms with Gasteiger partial charge in [-0.05, 0) is 13.3 Å². The van der Waals surface area contributed by atoms with Crippen molar-refractivity contribution < 1.29 is 13.2 Å². The molecular weight excluding hydrogens is 240 g/mol. The van der Waals surface area contributed by atoms with E-state index in [4.69, 9.17) is 5.73 Å². The van der Waals surface area contributed by atoms with Gasteiger partial charge in [-0.1, -0.05) is 13.3 Å². The minimum Gasteiger partial charge on any atom is -0.338 e. The van der Waals surface area contributed by atoms with Crippen molar-refractivity contribution in [3.8, 4) is 0 Å². The summed E-state index contributed by atoms with van der Waals surface area (Å²) in [5.41, 5.74) is 5.60. The summed E-state index contributed by atoms with van der Waals surface area (Å²) in [6.07, 6.45) is 1.68. The summed E-state index contributed by atoms with van der Waals surface area (Å²) in [7, 11) is -2.97. The van der Waals surface area contributed by atoms with E-state index in [1.807, 2.05) is 6.92 Å². The molecule has 1 heterocycles. The maximum Gasteiger partial charge on any atom is 0.227 e. The Labute approximate surface area is 103 Å². The Morgan fingerprint density at radius 3 is 2.65 bits per heavy atom. The van der Waals surface area contributed by atoms with E-state index in [1.54, 1.807) is 11.8 Å². The van der Waals surface area contributed by atoms with Crippen LogP contribution in [-0.4, -0.2) is 49.9 Å². The lowest BCUT2D eigenvalue weighted by atomic mass is 10.0. The molecule has 1 fully saturated rings. The third kappa shape index (κ3) is 3.67. The predicted molar refractivity (Wildman–Crippen MR) is 67.3 cm³/mol. The van der Waals surface area contributed by atoms with Crippen LogP contribution in [0.5, 0.6) is 0 Å². The van der Waals surface area contributed by atoms with Gasteiger partial charge < -0.3 is 10.6 Å². The molecule has 0 aromatic heterocycles. The quantitative estimate of drug-likeness (QED) is 0.773. The van der Waals surface area contributed by atoms with Gasteiger partial charge in [-0.3, -0.25) is 4.79 Å². The number of nitrogens with two attached hydrogens (primary N) is 1. The smallest absolute Gasteiger partial charge is 0.227 e. The monoisotopic (exact) mass is 262 g/mol. The number of rotatable bonds is 4. The highest BCUT2D eigenvalue weighted by Crippen LogP contribution is 2.17. The molecule has 0 radical (unpaired) electrons. The standard InChI is InChI=1S/C11H22N2O3S/c1-3-4-10(7-12)11(14)13-5-6-17(15,16)8-9(13)2/h9-10H,3-8,12H2,1-2H3. The maximum absolute atomic E-state index is 12.2. The zero-order chi connectivity index (χ0) is 13.1. The van der Waals surface area contributed by atoms with Crippen LogP contribution in [-0.2, 0) is 14.6 Å². The van der Waals surface area contributed by atoms with Crippen LogP contribution < -0.4 is 5.73 Å². The lowest BCUT2D eigenvalue weighted by Gasteiger charge is -2.35. The molecule has 5 nitrogen and oxygen atoms in total. The van der Waals surface area contributed by atoms with Crippen molar-refractivity contribution in [3.05, 3.63) is 0 Å². The van der Waals surface area contributed by atoms with Gasteiger partial charge in [0.25, 0.3) is 0 Å². The second kappa shape index (κ2) is 5.82. The maximum atomic E-state index is 12.2. The highest BCUT2D eigenvalue weighted by Gasteiger charge is 2.33. The van der Waals surface area contributed by atoms with E-state index >= 15 is 0 Å². The first-order valence-electron chi connectivity index (χ1n) is 6.12. The molecule has 0 spiro atoms. The normalized spacial score (nSPS) is 25.6. The molecule has 2 N–H and O–H groups in total. The van der Waals surface area contributed by atoms with Crippen LogP contribution in [0.4, 0.5) is 0 Å². The SMILES string of the molecule is CCCC(CN)C(=O)N1CCS(=O)(=O)CC1C. The fourth-order valence-corrected chi connectivity index (χ4v) is 3.81. The van der Waals surface area contributed by atoms with Crippen LogP contribution in [0.3, 0.4) is 0 Å².